The number of likely N-dealkylation sites (N-methyl/N-ethyl adjacent to an activating group) is 1. The summed E-state index contributed by atoms with van der Waals surface area (Å²) in [5.74, 6) is 1.86. The average Bonchev–Trinajstić information content (AvgIpc) is 2.48. The molecular weight excluding hydrogens is 150 g/mol. The Balaban J connectivity index is 2.39. The van der Waals surface area contributed by atoms with Crippen LogP contribution in [0.4, 0.5) is 0 Å². The van der Waals surface area contributed by atoms with Crippen LogP contribution in [-0.2, 0) is 0 Å². The van der Waals surface area contributed by atoms with Crippen molar-refractivity contribution in [3.8, 4) is 0 Å². The minimum atomic E-state index is 0.573. The van der Waals surface area contributed by atoms with Crippen LogP contribution in [0.15, 0.2) is 4.99 Å². The van der Waals surface area contributed by atoms with Gasteiger partial charge in [0.1, 0.15) is 5.84 Å². The molecule has 0 spiro atoms. The zero-order valence-corrected chi connectivity index (χ0v) is 8.30. The van der Waals surface area contributed by atoms with Gasteiger partial charge in [-0.1, -0.05) is 13.8 Å². The van der Waals surface area contributed by atoms with Crippen LogP contribution >= 0.6 is 0 Å². The molecule has 0 saturated carbocycles. The van der Waals surface area contributed by atoms with Gasteiger partial charge in [0, 0.05) is 25.6 Å². The van der Waals surface area contributed by atoms with Gasteiger partial charge in [0.05, 0.1) is 6.54 Å². The predicted molar refractivity (Wildman–Crippen MR) is 52.6 cm³/mol. The third-order valence-electron chi connectivity index (χ3n) is 2.12. The third kappa shape index (κ3) is 2.21. The lowest BCUT2D eigenvalue weighted by atomic mass is 10.2. The minimum absolute atomic E-state index is 0.573. The highest BCUT2D eigenvalue weighted by Crippen LogP contribution is 2.08. The highest BCUT2D eigenvalue weighted by Gasteiger charge is 2.18. The Labute approximate surface area is 74.9 Å². The van der Waals surface area contributed by atoms with E-state index in [0.29, 0.717) is 5.92 Å². The fourth-order valence-electron chi connectivity index (χ4n) is 1.52. The molecule has 0 bridgehead atoms. The largest absolute Gasteiger partial charge is 0.357 e. The summed E-state index contributed by atoms with van der Waals surface area (Å²) in [5, 5.41) is 3.16. The maximum atomic E-state index is 4.48. The first-order valence-electron chi connectivity index (χ1n) is 4.69. The molecule has 0 aliphatic carbocycles. The molecule has 1 N–H and O–H groups in total. The molecule has 0 radical (unpaired) electrons. The van der Waals surface area contributed by atoms with Gasteiger partial charge in [0.25, 0.3) is 0 Å². The van der Waals surface area contributed by atoms with Crippen molar-refractivity contribution in [2.75, 3.05) is 33.2 Å². The lowest BCUT2D eigenvalue weighted by Crippen LogP contribution is -2.36. The molecule has 1 aliphatic rings. The summed E-state index contributed by atoms with van der Waals surface area (Å²) in [6, 6.07) is 0. The molecule has 0 aromatic carbocycles. The normalized spacial score (nSPS) is 17.3. The highest BCUT2D eigenvalue weighted by molar-refractivity contribution is 5.85. The topological polar surface area (TPSA) is 27.6 Å². The van der Waals surface area contributed by atoms with E-state index in [2.05, 4.69) is 29.1 Å². The van der Waals surface area contributed by atoms with Crippen LogP contribution < -0.4 is 5.32 Å². The summed E-state index contributed by atoms with van der Waals surface area (Å²) in [4.78, 5) is 6.86. The molecule has 1 aliphatic heterocycles. The molecule has 3 heteroatoms. The Bertz CT molecular complexity index is 163. The summed E-state index contributed by atoms with van der Waals surface area (Å²) in [6.07, 6.45) is 0. The van der Waals surface area contributed by atoms with Gasteiger partial charge in [-0.2, -0.15) is 0 Å². The molecular formula is C9H19N3. The average molecular weight is 169 g/mol. The maximum Gasteiger partial charge on any atom is 0.102 e. The van der Waals surface area contributed by atoms with Gasteiger partial charge in [0.15, 0.2) is 0 Å². The first kappa shape index (κ1) is 9.52. The molecule has 0 aromatic heterocycles. The van der Waals surface area contributed by atoms with E-state index in [-0.39, 0.29) is 0 Å². The van der Waals surface area contributed by atoms with Gasteiger partial charge >= 0.3 is 0 Å². The van der Waals surface area contributed by atoms with E-state index in [0.717, 1.165) is 26.2 Å². The standard InChI is InChI=1S/C9H19N3/c1-8(2)9-11-5-7-12(9)6-4-10-3/h8,10H,4-7H2,1-3H3. The Kier molecular flexibility index (Phi) is 3.53. The Hall–Kier alpha value is -0.570. The second kappa shape index (κ2) is 4.45. The molecule has 1 rings (SSSR count). The number of hydrogen-bond acceptors (Lipinski definition) is 3. The molecule has 0 unspecified atom stereocenters. The SMILES string of the molecule is CNCCN1CCN=C1C(C)C. The molecule has 0 aromatic rings. The van der Waals surface area contributed by atoms with E-state index in [1.54, 1.807) is 0 Å². The Morgan fingerprint density at radius 3 is 2.92 bits per heavy atom. The van der Waals surface area contributed by atoms with E-state index in [1.165, 1.54) is 5.84 Å². The van der Waals surface area contributed by atoms with E-state index in [1.807, 2.05) is 7.05 Å². The van der Waals surface area contributed by atoms with Gasteiger partial charge in [-0.3, -0.25) is 4.99 Å². The predicted octanol–water partition coefficient (Wildman–Crippen LogP) is 0.576. The van der Waals surface area contributed by atoms with Gasteiger partial charge in [-0.05, 0) is 7.05 Å². The van der Waals surface area contributed by atoms with Crippen LogP contribution in [0.3, 0.4) is 0 Å². The van der Waals surface area contributed by atoms with Crippen molar-refractivity contribution in [1.82, 2.24) is 10.2 Å². The number of nitrogens with one attached hydrogen (secondary N) is 1. The molecule has 0 amide bonds. The van der Waals surface area contributed by atoms with Crippen LogP contribution in [0.1, 0.15) is 13.8 Å². The number of amidine groups is 1. The monoisotopic (exact) mass is 169 g/mol. The third-order valence-corrected chi connectivity index (χ3v) is 2.12. The van der Waals surface area contributed by atoms with Crippen LogP contribution in [0.25, 0.3) is 0 Å². The summed E-state index contributed by atoms with van der Waals surface area (Å²) in [6.45, 7) is 8.64. The number of rotatable bonds is 4. The van der Waals surface area contributed by atoms with Crippen LogP contribution in [0.5, 0.6) is 0 Å². The fraction of sp³-hybridized carbons (Fsp3) is 0.889. The molecule has 3 nitrogen and oxygen atoms in total. The van der Waals surface area contributed by atoms with E-state index in [9.17, 15) is 0 Å². The number of hydrogen-bond donors (Lipinski definition) is 1. The second-order valence-electron chi connectivity index (χ2n) is 3.49. The lowest BCUT2D eigenvalue weighted by molar-refractivity contribution is 0.435. The molecule has 70 valence electrons. The lowest BCUT2D eigenvalue weighted by Gasteiger charge is -2.22. The van der Waals surface area contributed by atoms with E-state index >= 15 is 0 Å². The molecule has 0 fully saturated rings. The van der Waals surface area contributed by atoms with Gasteiger partial charge < -0.3 is 10.2 Å². The molecule has 12 heavy (non-hydrogen) atoms. The van der Waals surface area contributed by atoms with Crippen LogP contribution in [0.2, 0.25) is 0 Å². The molecule has 0 atom stereocenters. The van der Waals surface area contributed by atoms with Crippen molar-refractivity contribution in [2.24, 2.45) is 10.9 Å². The molecule has 0 saturated heterocycles. The van der Waals surface area contributed by atoms with Crippen LogP contribution in [0, 0.1) is 5.92 Å². The van der Waals surface area contributed by atoms with Gasteiger partial charge in [-0.25, -0.2) is 0 Å². The fourth-order valence-corrected chi connectivity index (χ4v) is 1.52. The summed E-state index contributed by atoms with van der Waals surface area (Å²) < 4.78 is 0. The number of aliphatic imine (C=N–C) groups is 1. The summed E-state index contributed by atoms with van der Waals surface area (Å²) >= 11 is 0. The summed E-state index contributed by atoms with van der Waals surface area (Å²) in [7, 11) is 1.99. The Morgan fingerprint density at radius 1 is 1.58 bits per heavy atom. The second-order valence-corrected chi connectivity index (χ2v) is 3.49. The first-order valence-corrected chi connectivity index (χ1v) is 4.69. The van der Waals surface area contributed by atoms with Crippen molar-refractivity contribution in [3.05, 3.63) is 0 Å². The van der Waals surface area contributed by atoms with Gasteiger partial charge in [0.2, 0.25) is 0 Å². The summed E-state index contributed by atoms with van der Waals surface area (Å²) in [5.41, 5.74) is 0. The van der Waals surface area contributed by atoms with Crippen molar-refractivity contribution in [1.29, 1.82) is 0 Å². The maximum absolute atomic E-state index is 4.48. The first-order chi connectivity index (χ1) is 5.75. The smallest absolute Gasteiger partial charge is 0.102 e. The zero-order valence-electron chi connectivity index (χ0n) is 8.30. The van der Waals surface area contributed by atoms with E-state index < -0.39 is 0 Å². The van der Waals surface area contributed by atoms with Crippen molar-refractivity contribution in [3.63, 3.8) is 0 Å². The van der Waals surface area contributed by atoms with Crippen molar-refractivity contribution in [2.45, 2.75) is 13.8 Å². The van der Waals surface area contributed by atoms with Crippen molar-refractivity contribution < 1.29 is 0 Å². The van der Waals surface area contributed by atoms with Crippen LogP contribution in [-0.4, -0.2) is 44.0 Å². The zero-order chi connectivity index (χ0) is 8.97. The van der Waals surface area contributed by atoms with Gasteiger partial charge in [-0.15, -0.1) is 0 Å². The molecule has 1 heterocycles. The van der Waals surface area contributed by atoms with Crippen molar-refractivity contribution >= 4 is 5.84 Å². The quantitative estimate of drug-likeness (QED) is 0.666. The Morgan fingerprint density at radius 2 is 2.33 bits per heavy atom. The highest BCUT2D eigenvalue weighted by atomic mass is 15.2. The number of nitrogens with zero attached hydrogens (tertiary/aromatic N) is 2. The van der Waals surface area contributed by atoms with E-state index in [4.69, 9.17) is 0 Å². The minimum Gasteiger partial charge on any atom is -0.357 e.